The van der Waals surface area contributed by atoms with E-state index >= 15 is 0 Å². The summed E-state index contributed by atoms with van der Waals surface area (Å²) in [6, 6.07) is 3.43. The van der Waals surface area contributed by atoms with Crippen molar-refractivity contribution in [2.75, 3.05) is 4.72 Å². The van der Waals surface area contributed by atoms with Crippen LogP contribution in [0.2, 0.25) is 0 Å². The molecule has 1 heterocycles. The summed E-state index contributed by atoms with van der Waals surface area (Å²) in [4.78, 5) is 25.0. The first-order valence-electron chi connectivity index (χ1n) is 6.58. The molecule has 1 aromatic heterocycles. The summed E-state index contributed by atoms with van der Waals surface area (Å²) in [7, 11) is -5.60. The molecule has 2 aromatic rings. The number of aromatic nitrogens is 1. The van der Waals surface area contributed by atoms with E-state index in [4.69, 9.17) is 11.5 Å². The minimum atomic E-state index is -5.60. The molecule has 135 valence electrons. The Kier molecular flexibility index (Phi) is 4.66. The lowest BCUT2D eigenvalue weighted by molar-refractivity contribution is -0.115. The molecule has 0 aliphatic heterocycles. The molecule has 0 unspecified atom stereocenters. The van der Waals surface area contributed by atoms with Crippen LogP contribution in [0.5, 0.6) is 0 Å². The van der Waals surface area contributed by atoms with E-state index in [0.29, 0.717) is 5.52 Å². The first-order chi connectivity index (χ1) is 11.4. The van der Waals surface area contributed by atoms with Crippen LogP contribution >= 0.6 is 0 Å². The number of amides is 2. The summed E-state index contributed by atoms with van der Waals surface area (Å²) < 4.78 is 61.1. The zero-order valence-electron chi connectivity index (χ0n) is 12.3. The SMILES string of the molecule is NC(=O)[CH]Cc1c(C(N)=O)[nH]c2ccc(NS(=O)(=O)C(F)(F)F)cc12. The minimum absolute atomic E-state index is 0.0664. The number of hydrogen-bond acceptors (Lipinski definition) is 4. The normalized spacial score (nSPS) is 12.3. The molecular formula is C13H12F3N4O4S. The highest BCUT2D eigenvalue weighted by Crippen LogP contribution is 2.30. The monoisotopic (exact) mass is 377 g/mol. The molecule has 0 spiro atoms. The summed E-state index contributed by atoms with van der Waals surface area (Å²) in [5.74, 6) is -1.64. The highest BCUT2D eigenvalue weighted by Gasteiger charge is 2.46. The number of benzene rings is 1. The van der Waals surface area contributed by atoms with E-state index in [1.807, 2.05) is 0 Å². The largest absolute Gasteiger partial charge is 0.516 e. The molecule has 0 saturated carbocycles. The van der Waals surface area contributed by atoms with Gasteiger partial charge >= 0.3 is 15.5 Å². The second-order valence-corrected chi connectivity index (χ2v) is 6.64. The van der Waals surface area contributed by atoms with Crippen LogP contribution < -0.4 is 16.2 Å². The van der Waals surface area contributed by atoms with Gasteiger partial charge in [0.25, 0.3) is 5.91 Å². The molecule has 0 atom stereocenters. The quantitative estimate of drug-likeness (QED) is 0.588. The van der Waals surface area contributed by atoms with Gasteiger partial charge in [-0.05, 0) is 30.2 Å². The molecule has 0 aliphatic carbocycles. The molecule has 0 fully saturated rings. The lowest BCUT2D eigenvalue weighted by atomic mass is 10.0. The van der Waals surface area contributed by atoms with Crippen LogP contribution in [0.25, 0.3) is 10.9 Å². The van der Waals surface area contributed by atoms with Crippen molar-refractivity contribution in [3.63, 3.8) is 0 Å². The van der Waals surface area contributed by atoms with Gasteiger partial charge in [0, 0.05) is 16.6 Å². The van der Waals surface area contributed by atoms with E-state index in [1.54, 1.807) is 0 Å². The summed E-state index contributed by atoms with van der Waals surface area (Å²) in [6.45, 7) is 0. The summed E-state index contributed by atoms with van der Waals surface area (Å²) in [5, 5.41) is 0.216. The maximum Gasteiger partial charge on any atom is 0.516 e. The molecule has 2 rings (SSSR count). The Hall–Kier alpha value is -2.76. The van der Waals surface area contributed by atoms with Crippen molar-refractivity contribution in [3.05, 3.63) is 35.9 Å². The van der Waals surface area contributed by atoms with E-state index in [2.05, 4.69) is 4.98 Å². The van der Waals surface area contributed by atoms with Crippen molar-refractivity contribution in [2.45, 2.75) is 11.9 Å². The summed E-state index contributed by atoms with van der Waals surface area (Å²) in [5.41, 5.74) is 4.82. The fourth-order valence-corrected chi connectivity index (χ4v) is 2.70. The maximum atomic E-state index is 12.5. The second kappa shape index (κ2) is 6.27. The van der Waals surface area contributed by atoms with Crippen LogP contribution in [0.4, 0.5) is 18.9 Å². The fourth-order valence-electron chi connectivity index (χ4n) is 2.15. The Balaban J connectivity index is 2.52. The molecule has 2 amide bonds. The summed E-state index contributed by atoms with van der Waals surface area (Å²) >= 11 is 0. The second-order valence-electron chi connectivity index (χ2n) is 4.97. The van der Waals surface area contributed by atoms with Crippen LogP contribution in [0.3, 0.4) is 0 Å². The topological polar surface area (TPSA) is 148 Å². The summed E-state index contributed by atoms with van der Waals surface area (Å²) in [6.07, 6.45) is 0.921. The van der Waals surface area contributed by atoms with Crippen LogP contribution in [0.1, 0.15) is 16.1 Å². The van der Waals surface area contributed by atoms with Gasteiger partial charge in [0.2, 0.25) is 5.91 Å². The smallest absolute Gasteiger partial charge is 0.369 e. The van der Waals surface area contributed by atoms with Crippen LogP contribution in [-0.2, 0) is 21.2 Å². The van der Waals surface area contributed by atoms with E-state index in [-0.39, 0.29) is 28.8 Å². The minimum Gasteiger partial charge on any atom is -0.369 e. The molecular weight excluding hydrogens is 365 g/mol. The van der Waals surface area contributed by atoms with Gasteiger partial charge in [0.15, 0.2) is 0 Å². The number of H-pyrrole nitrogens is 1. The van der Waals surface area contributed by atoms with Gasteiger partial charge < -0.3 is 16.5 Å². The molecule has 12 heteroatoms. The Morgan fingerprint density at radius 3 is 2.40 bits per heavy atom. The first kappa shape index (κ1) is 18.6. The zero-order valence-corrected chi connectivity index (χ0v) is 13.2. The number of nitrogens with two attached hydrogens (primary N) is 2. The standard InChI is InChI=1S/C13H12F3N4O4S/c14-13(15,16)25(23,24)20-6-1-3-9-8(5-6)7(2-4-10(17)21)11(19-9)12(18)22/h1,3-5,19-20H,2H2,(H2,17,21)(H2,18,22). The van der Waals surface area contributed by atoms with Gasteiger partial charge in [-0.3, -0.25) is 14.3 Å². The van der Waals surface area contributed by atoms with E-state index in [0.717, 1.165) is 18.6 Å². The Labute approximate surface area is 139 Å². The average Bonchev–Trinajstić information content (AvgIpc) is 2.81. The zero-order chi connectivity index (χ0) is 19.0. The first-order valence-corrected chi connectivity index (χ1v) is 8.07. The number of rotatable bonds is 6. The molecule has 1 radical (unpaired) electrons. The number of carbonyl (C=O) groups excluding carboxylic acids is 2. The lowest BCUT2D eigenvalue weighted by Crippen LogP contribution is -2.29. The predicted molar refractivity (Wildman–Crippen MR) is 82.6 cm³/mol. The Bertz CT molecular complexity index is 950. The van der Waals surface area contributed by atoms with Gasteiger partial charge in [0.1, 0.15) is 5.69 Å². The number of primary amides is 2. The van der Waals surface area contributed by atoms with E-state index < -0.39 is 27.3 Å². The van der Waals surface area contributed by atoms with E-state index in [9.17, 15) is 31.2 Å². The van der Waals surface area contributed by atoms with Gasteiger partial charge in [-0.1, -0.05) is 0 Å². The number of hydrogen-bond donors (Lipinski definition) is 4. The number of halogens is 3. The molecule has 25 heavy (non-hydrogen) atoms. The number of alkyl halides is 3. The Morgan fingerprint density at radius 1 is 1.24 bits per heavy atom. The van der Waals surface area contributed by atoms with Crippen molar-refractivity contribution < 1.29 is 31.2 Å². The van der Waals surface area contributed by atoms with Crippen molar-refractivity contribution >= 4 is 38.4 Å². The van der Waals surface area contributed by atoms with Crippen molar-refractivity contribution in [2.24, 2.45) is 11.5 Å². The van der Waals surface area contributed by atoms with Gasteiger partial charge in [-0.25, -0.2) is 0 Å². The number of anilines is 1. The third-order valence-electron chi connectivity index (χ3n) is 3.22. The third-order valence-corrected chi connectivity index (χ3v) is 4.33. The number of nitrogens with one attached hydrogen (secondary N) is 2. The molecule has 0 saturated heterocycles. The van der Waals surface area contributed by atoms with Gasteiger partial charge in [0.05, 0.1) is 6.42 Å². The van der Waals surface area contributed by atoms with Crippen LogP contribution in [0.15, 0.2) is 18.2 Å². The highest BCUT2D eigenvalue weighted by atomic mass is 32.2. The lowest BCUT2D eigenvalue weighted by Gasteiger charge is -2.10. The number of aromatic amines is 1. The van der Waals surface area contributed by atoms with E-state index in [1.165, 1.54) is 10.8 Å². The average molecular weight is 377 g/mol. The van der Waals surface area contributed by atoms with Crippen molar-refractivity contribution in [1.82, 2.24) is 4.98 Å². The van der Waals surface area contributed by atoms with Gasteiger partial charge in [-0.15, -0.1) is 0 Å². The van der Waals surface area contributed by atoms with Crippen LogP contribution in [-0.4, -0.2) is 30.7 Å². The number of sulfonamides is 1. The molecule has 1 aromatic carbocycles. The van der Waals surface area contributed by atoms with Crippen molar-refractivity contribution in [3.8, 4) is 0 Å². The van der Waals surface area contributed by atoms with Crippen LogP contribution in [0, 0.1) is 6.42 Å². The maximum absolute atomic E-state index is 12.5. The Morgan fingerprint density at radius 2 is 1.88 bits per heavy atom. The van der Waals surface area contributed by atoms with Gasteiger partial charge in [-0.2, -0.15) is 21.6 Å². The third kappa shape index (κ3) is 3.84. The molecule has 0 aliphatic rings. The molecule has 8 nitrogen and oxygen atoms in total. The predicted octanol–water partition coefficient (Wildman–Crippen LogP) is 0.760. The molecule has 0 bridgehead atoms. The number of fused-ring (bicyclic) bond motifs is 1. The highest BCUT2D eigenvalue weighted by molar-refractivity contribution is 7.93. The number of carbonyl (C=O) groups is 2. The fraction of sp³-hybridized carbons (Fsp3) is 0.154. The van der Waals surface area contributed by atoms with Crippen molar-refractivity contribution in [1.29, 1.82) is 0 Å². The molecule has 6 N–H and O–H groups in total.